The quantitative estimate of drug-likeness (QED) is 0.120. The second-order valence-electron chi connectivity index (χ2n) is 24.8. The van der Waals surface area contributed by atoms with E-state index in [1.165, 1.54) is 89.9 Å². The van der Waals surface area contributed by atoms with E-state index in [0.29, 0.717) is 88.9 Å². The van der Waals surface area contributed by atoms with Gasteiger partial charge in [0.2, 0.25) is 11.8 Å². The number of hydrogen-bond donors (Lipinski definition) is 4. The van der Waals surface area contributed by atoms with Crippen LogP contribution in [0.5, 0.6) is 0 Å². The smallest absolute Gasteiger partial charge is 0.266 e. The van der Waals surface area contributed by atoms with Gasteiger partial charge in [0.25, 0.3) is 10.1 Å². The van der Waals surface area contributed by atoms with Crippen molar-refractivity contribution in [3.05, 3.63) is 0 Å². The Morgan fingerprint density at radius 1 is 0.730 bits per heavy atom. The predicted molar refractivity (Wildman–Crippen MR) is 250 cm³/mol. The zero-order valence-corrected chi connectivity index (χ0v) is 41.3. The van der Waals surface area contributed by atoms with Crippen molar-refractivity contribution in [3.8, 4) is 0 Å². The molecule has 8 saturated carbocycles. The molecule has 13 unspecified atom stereocenters. The van der Waals surface area contributed by atoms with Crippen LogP contribution in [0.4, 0.5) is 0 Å². The molecule has 0 aromatic rings. The Morgan fingerprint density at radius 2 is 1.37 bits per heavy atom. The minimum Gasteiger partial charge on any atom is -0.395 e. The molecule has 9 nitrogen and oxygen atoms in total. The molecule has 18 atom stereocenters. The van der Waals surface area contributed by atoms with E-state index in [1.807, 2.05) is 0 Å². The summed E-state index contributed by atoms with van der Waals surface area (Å²) in [5.74, 6) is 6.96. The number of nitrogens with zero attached hydrogens (tertiary/aromatic N) is 1. The van der Waals surface area contributed by atoms with Gasteiger partial charge >= 0.3 is 0 Å². The van der Waals surface area contributed by atoms with E-state index < -0.39 is 15.9 Å². The number of fused-ring (bicyclic) bond motifs is 10. The van der Waals surface area contributed by atoms with Gasteiger partial charge in [0.15, 0.2) is 0 Å². The van der Waals surface area contributed by atoms with Crippen molar-refractivity contribution >= 4 is 21.9 Å². The highest BCUT2D eigenvalue weighted by molar-refractivity contribution is 7.85. The monoisotopic (exact) mass is 899 g/mol. The number of hydrogen-bond acceptors (Lipinski definition) is 6. The summed E-state index contributed by atoms with van der Waals surface area (Å²) in [6, 6.07) is 0.166. The summed E-state index contributed by atoms with van der Waals surface area (Å²) in [5, 5.41) is 24.0. The molecule has 8 aliphatic rings. The fourth-order valence-electron chi connectivity index (χ4n) is 19.3. The van der Waals surface area contributed by atoms with Gasteiger partial charge in [-0.1, -0.05) is 60.8 Å². The Morgan fingerprint density at radius 3 is 2.10 bits per heavy atom. The van der Waals surface area contributed by atoms with Crippen molar-refractivity contribution in [2.75, 3.05) is 25.4 Å². The van der Waals surface area contributed by atoms with E-state index in [2.05, 4.69) is 51.8 Å². The van der Waals surface area contributed by atoms with E-state index in [4.69, 9.17) is 4.55 Å². The predicted octanol–water partition coefficient (Wildman–Crippen LogP) is 10.1. The SMILES string of the molecule is CC[C@H](CCC(=O)NCCS(=O)(=O)O)C1CCC2C3C(N(CCO)C(=O)CC[C@H](C)[C@H]4CCC5C6CCC7CC(O)CCC7(C)C6CC[C@@]54C)CC4CCCC[C@@]4(C)C3CCC21C. The zero-order valence-electron chi connectivity index (χ0n) is 40.5. The molecular weight excluding hydrogens is 809 g/mol. The second kappa shape index (κ2) is 18.7. The Balaban J connectivity index is 0.960. The third-order valence-electron chi connectivity index (χ3n) is 22.5. The first kappa shape index (κ1) is 48.2. The summed E-state index contributed by atoms with van der Waals surface area (Å²) in [6.07, 6.45) is 25.6. The highest BCUT2D eigenvalue weighted by atomic mass is 32.2. The lowest BCUT2D eigenvalue weighted by molar-refractivity contribution is -0.165. The van der Waals surface area contributed by atoms with Crippen LogP contribution < -0.4 is 5.32 Å². The number of carbonyl (C=O) groups excluding carboxylic acids is 2. The molecule has 8 fully saturated rings. The Hall–Kier alpha value is -1.23. The van der Waals surface area contributed by atoms with Gasteiger partial charge in [0.05, 0.1) is 18.5 Å². The van der Waals surface area contributed by atoms with Gasteiger partial charge < -0.3 is 20.4 Å². The fourth-order valence-corrected chi connectivity index (χ4v) is 19.7. The number of nitrogens with one attached hydrogen (secondary N) is 1. The maximum atomic E-state index is 15.0. The van der Waals surface area contributed by atoms with Crippen molar-refractivity contribution < 1.29 is 32.8 Å². The van der Waals surface area contributed by atoms with E-state index in [-0.39, 0.29) is 42.5 Å². The van der Waals surface area contributed by atoms with Gasteiger partial charge in [-0.15, -0.1) is 0 Å². The first-order chi connectivity index (χ1) is 29.9. The van der Waals surface area contributed by atoms with E-state index in [9.17, 15) is 28.2 Å². The molecule has 63 heavy (non-hydrogen) atoms. The average molecular weight is 899 g/mol. The van der Waals surface area contributed by atoms with Gasteiger partial charge in [-0.25, -0.2) is 0 Å². The lowest BCUT2D eigenvalue weighted by atomic mass is 9.43. The largest absolute Gasteiger partial charge is 0.395 e. The van der Waals surface area contributed by atoms with Crippen LogP contribution in [0.2, 0.25) is 0 Å². The molecule has 8 aliphatic carbocycles. The van der Waals surface area contributed by atoms with Crippen LogP contribution >= 0.6 is 0 Å². The minimum absolute atomic E-state index is 0.00947. The Bertz CT molecular complexity index is 1740. The van der Waals surface area contributed by atoms with Crippen LogP contribution in [0, 0.1) is 92.7 Å². The summed E-state index contributed by atoms with van der Waals surface area (Å²) in [4.78, 5) is 30.1. The van der Waals surface area contributed by atoms with E-state index in [0.717, 1.165) is 62.7 Å². The highest BCUT2D eigenvalue weighted by Gasteiger charge is 2.64. The van der Waals surface area contributed by atoms with Crippen molar-refractivity contribution in [3.63, 3.8) is 0 Å². The molecule has 0 bridgehead atoms. The van der Waals surface area contributed by atoms with Crippen LogP contribution in [-0.2, 0) is 19.7 Å². The van der Waals surface area contributed by atoms with Crippen LogP contribution in [-0.4, -0.2) is 77.5 Å². The van der Waals surface area contributed by atoms with Crippen LogP contribution in [0.1, 0.15) is 189 Å². The molecule has 10 heteroatoms. The van der Waals surface area contributed by atoms with Crippen molar-refractivity contribution in [1.82, 2.24) is 10.2 Å². The molecule has 2 amide bonds. The maximum absolute atomic E-state index is 15.0. The van der Waals surface area contributed by atoms with Crippen LogP contribution in [0.3, 0.4) is 0 Å². The average Bonchev–Trinajstić information content (AvgIpc) is 3.78. The number of aliphatic hydroxyl groups excluding tert-OH is 2. The molecule has 8 rings (SSSR count). The Labute approximate surface area is 383 Å². The standard InChI is InChI=1S/C53H90N2O7S/c1-7-35(12-19-47(58)54-28-31-63(60,61)62)41-16-18-44-49-45(23-27-53(41,44)6)50(3)24-9-8-10-36(50)33-46(49)55(29-30-56)48(59)20-11-34(2)40-15-17-42-39-14-13-37-32-38(57)21-25-51(37,4)43(39)22-26-52(40,42)5/h34-46,49,56-57H,7-33H2,1-6H3,(H,54,58)(H,60,61,62)/t34-,35+,36?,37?,38?,39?,40+,41?,42?,43?,44?,45?,46?,49?,50+,51?,52+,53?/m0/s1. The normalized spacial score (nSPS) is 45.3. The molecular formula is C53H90N2O7S. The summed E-state index contributed by atoms with van der Waals surface area (Å²) < 4.78 is 31.6. The maximum Gasteiger partial charge on any atom is 0.266 e. The van der Waals surface area contributed by atoms with Gasteiger partial charge in [0, 0.05) is 32.0 Å². The number of aliphatic hydroxyl groups is 2. The third kappa shape index (κ3) is 8.88. The molecule has 0 radical (unpaired) electrons. The van der Waals surface area contributed by atoms with Crippen LogP contribution in [0.25, 0.3) is 0 Å². The fraction of sp³-hybridized carbons (Fsp3) is 0.962. The van der Waals surface area contributed by atoms with Crippen molar-refractivity contribution in [1.29, 1.82) is 0 Å². The van der Waals surface area contributed by atoms with Crippen LogP contribution in [0.15, 0.2) is 0 Å². The van der Waals surface area contributed by atoms with E-state index >= 15 is 0 Å². The third-order valence-corrected chi connectivity index (χ3v) is 23.2. The van der Waals surface area contributed by atoms with Gasteiger partial charge in [-0.2, -0.15) is 8.42 Å². The molecule has 360 valence electrons. The molecule has 4 N–H and O–H groups in total. The topological polar surface area (TPSA) is 144 Å². The summed E-state index contributed by atoms with van der Waals surface area (Å²) >= 11 is 0. The number of amides is 2. The first-order valence-electron chi connectivity index (χ1n) is 26.7. The van der Waals surface area contributed by atoms with Gasteiger partial charge in [0.1, 0.15) is 0 Å². The summed E-state index contributed by atoms with van der Waals surface area (Å²) in [6.45, 7) is 15.5. The van der Waals surface area contributed by atoms with Gasteiger partial charge in [-0.3, -0.25) is 14.1 Å². The molecule has 0 aromatic carbocycles. The summed E-state index contributed by atoms with van der Waals surface area (Å²) in [7, 11) is -4.12. The molecule has 0 aromatic heterocycles. The van der Waals surface area contributed by atoms with Crippen molar-refractivity contribution in [2.45, 2.75) is 201 Å². The molecule has 0 heterocycles. The second-order valence-corrected chi connectivity index (χ2v) is 26.3. The van der Waals surface area contributed by atoms with E-state index in [1.54, 1.807) is 0 Å². The first-order valence-corrected chi connectivity index (χ1v) is 28.3. The van der Waals surface area contributed by atoms with Crippen molar-refractivity contribution in [2.24, 2.45) is 92.7 Å². The summed E-state index contributed by atoms with van der Waals surface area (Å²) in [5.41, 5.74) is 1.17. The number of carbonyl (C=O) groups is 2. The zero-order chi connectivity index (χ0) is 45.1. The molecule has 0 saturated heterocycles. The number of rotatable bonds is 15. The Kier molecular flexibility index (Phi) is 14.3. The minimum atomic E-state index is -4.12. The van der Waals surface area contributed by atoms with Gasteiger partial charge in [-0.05, 0) is 208 Å². The molecule has 0 aliphatic heterocycles. The lowest BCUT2D eigenvalue weighted by Gasteiger charge is -2.64. The lowest BCUT2D eigenvalue weighted by Crippen LogP contribution is -2.62. The molecule has 0 spiro atoms. The highest BCUT2D eigenvalue weighted by Crippen LogP contribution is 2.71.